The second-order valence-electron chi connectivity index (χ2n) is 7.89. The average Bonchev–Trinajstić information content (AvgIpc) is 2.83. The van der Waals surface area contributed by atoms with Crippen molar-refractivity contribution >= 4 is 0 Å². The maximum atomic E-state index is 6.41. The van der Waals surface area contributed by atoms with Gasteiger partial charge in [0, 0.05) is 17.8 Å². The zero-order valence-electron chi connectivity index (χ0n) is 12.2. The van der Waals surface area contributed by atoms with Crippen LogP contribution in [0, 0.1) is 23.7 Å². The van der Waals surface area contributed by atoms with Crippen LogP contribution in [0.3, 0.4) is 0 Å². The highest BCUT2D eigenvalue weighted by molar-refractivity contribution is 5.18. The van der Waals surface area contributed by atoms with Gasteiger partial charge in [-0.1, -0.05) is 0 Å². The Morgan fingerprint density at radius 2 is 1.75 bits per heavy atom. The van der Waals surface area contributed by atoms with Crippen LogP contribution >= 0.6 is 0 Å². The second kappa shape index (κ2) is 4.09. The smallest absolute Gasteiger partial charge is 0.113 e. The van der Waals surface area contributed by atoms with Gasteiger partial charge < -0.3 is 10.3 Å². The fraction of sp³-hybridized carbons (Fsp3) is 0.824. The lowest BCUT2D eigenvalue weighted by Crippen LogP contribution is -2.45. The van der Waals surface area contributed by atoms with E-state index in [1.165, 1.54) is 56.5 Å². The first-order valence-electron chi connectivity index (χ1n) is 8.61. The van der Waals surface area contributed by atoms with Crippen LogP contribution in [0.4, 0.5) is 0 Å². The van der Waals surface area contributed by atoms with Gasteiger partial charge in [0.25, 0.3) is 0 Å². The van der Waals surface area contributed by atoms with Crippen molar-refractivity contribution in [3.8, 4) is 0 Å². The Kier molecular flexibility index (Phi) is 2.41. The number of fused-ring (bicyclic) bond motifs is 1. The predicted octanol–water partition coefficient (Wildman–Crippen LogP) is 3.22. The molecule has 1 unspecified atom stereocenters. The van der Waals surface area contributed by atoms with Crippen molar-refractivity contribution in [2.75, 3.05) is 0 Å². The zero-order valence-corrected chi connectivity index (χ0v) is 12.2. The Labute approximate surface area is 120 Å². The standard InChI is InChI=1S/C17H25N3/c18-15-3-1-2-14-9-19-17(20(14)15)16-12-5-10-4-11(7-12)8-13(16)6-10/h9-13,15-16H,1-8,18H2. The van der Waals surface area contributed by atoms with Gasteiger partial charge in [-0.3, -0.25) is 0 Å². The first-order valence-corrected chi connectivity index (χ1v) is 8.61. The SMILES string of the molecule is NC1CCCc2cnc(C3C4CC5CC(C4)CC3C5)n21. The van der Waals surface area contributed by atoms with Crippen LogP contribution in [0.25, 0.3) is 0 Å². The molecule has 3 heteroatoms. The van der Waals surface area contributed by atoms with E-state index < -0.39 is 0 Å². The van der Waals surface area contributed by atoms with Crippen LogP contribution in [0.5, 0.6) is 0 Å². The molecule has 1 aromatic heterocycles. The molecular formula is C17H25N3. The van der Waals surface area contributed by atoms with Crippen LogP contribution < -0.4 is 5.73 Å². The molecule has 0 saturated heterocycles. The molecule has 20 heavy (non-hydrogen) atoms. The van der Waals surface area contributed by atoms with Crippen molar-refractivity contribution in [2.24, 2.45) is 29.4 Å². The lowest BCUT2D eigenvalue weighted by Gasteiger charge is -2.54. The summed E-state index contributed by atoms with van der Waals surface area (Å²) in [7, 11) is 0. The fourth-order valence-electron chi connectivity index (χ4n) is 6.19. The Balaban J connectivity index is 1.56. The summed E-state index contributed by atoms with van der Waals surface area (Å²) in [5.74, 6) is 5.98. The van der Waals surface area contributed by atoms with Crippen LogP contribution in [-0.4, -0.2) is 9.55 Å². The van der Waals surface area contributed by atoms with Crippen LogP contribution in [0.15, 0.2) is 6.20 Å². The molecular weight excluding hydrogens is 246 g/mol. The van der Waals surface area contributed by atoms with E-state index in [2.05, 4.69) is 10.8 Å². The van der Waals surface area contributed by atoms with E-state index in [4.69, 9.17) is 10.7 Å². The monoisotopic (exact) mass is 271 g/mol. The van der Waals surface area contributed by atoms with Gasteiger partial charge in [-0.25, -0.2) is 4.98 Å². The van der Waals surface area contributed by atoms with Gasteiger partial charge in [-0.2, -0.15) is 0 Å². The van der Waals surface area contributed by atoms with E-state index in [1.807, 2.05) is 0 Å². The highest BCUT2D eigenvalue weighted by atomic mass is 15.2. The van der Waals surface area contributed by atoms with Gasteiger partial charge in [0.15, 0.2) is 0 Å². The number of aromatic nitrogens is 2. The van der Waals surface area contributed by atoms with Crippen molar-refractivity contribution in [2.45, 2.75) is 63.5 Å². The summed E-state index contributed by atoms with van der Waals surface area (Å²) in [5, 5.41) is 0. The number of hydrogen-bond donors (Lipinski definition) is 1. The van der Waals surface area contributed by atoms with E-state index in [0.717, 1.165) is 36.0 Å². The molecule has 2 heterocycles. The lowest BCUT2D eigenvalue weighted by molar-refractivity contribution is -0.00742. The Morgan fingerprint density at radius 3 is 2.45 bits per heavy atom. The number of aryl methyl sites for hydroxylation is 1. The molecule has 5 aliphatic rings. The van der Waals surface area contributed by atoms with Gasteiger partial charge in [0.05, 0.1) is 6.17 Å². The second-order valence-corrected chi connectivity index (χ2v) is 7.89. The number of imidazole rings is 1. The summed E-state index contributed by atoms with van der Waals surface area (Å²) >= 11 is 0. The molecule has 1 atom stereocenters. The van der Waals surface area contributed by atoms with Gasteiger partial charge in [0.2, 0.25) is 0 Å². The van der Waals surface area contributed by atoms with Crippen LogP contribution in [0.2, 0.25) is 0 Å². The molecule has 0 amide bonds. The van der Waals surface area contributed by atoms with Crippen LogP contribution in [-0.2, 0) is 6.42 Å². The summed E-state index contributed by atoms with van der Waals surface area (Å²) in [6.45, 7) is 0. The van der Waals surface area contributed by atoms with Gasteiger partial charge in [-0.05, 0) is 75.0 Å². The van der Waals surface area contributed by atoms with Crippen molar-refractivity contribution in [1.82, 2.24) is 9.55 Å². The van der Waals surface area contributed by atoms with Gasteiger partial charge in [0.1, 0.15) is 5.82 Å². The summed E-state index contributed by atoms with van der Waals surface area (Å²) in [6, 6.07) is 0. The van der Waals surface area contributed by atoms with Crippen molar-refractivity contribution in [3.05, 3.63) is 17.7 Å². The van der Waals surface area contributed by atoms with Gasteiger partial charge in [-0.15, -0.1) is 0 Å². The Morgan fingerprint density at radius 1 is 1.05 bits per heavy atom. The molecule has 4 bridgehead atoms. The molecule has 6 rings (SSSR count). The Bertz CT molecular complexity index is 504. The number of nitrogens with zero attached hydrogens (tertiary/aromatic N) is 2. The zero-order chi connectivity index (χ0) is 13.3. The molecule has 2 N–H and O–H groups in total. The van der Waals surface area contributed by atoms with E-state index in [-0.39, 0.29) is 6.17 Å². The van der Waals surface area contributed by atoms with Gasteiger partial charge >= 0.3 is 0 Å². The topological polar surface area (TPSA) is 43.8 Å². The first kappa shape index (κ1) is 11.8. The summed E-state index contributed by atoms with van der Waals surface area (Å²) in [4.78, 5) is 4.88. The summed E-state index contributed by atoms with van der Waals surface area (Å²) in [6.07, 6.45) is 13.2. The molecule has 108 valence electrons. The van der Waals surface area contributed by atoms with E-state index >= 15 is 0 Å². The molecule has 4 saturated carbocycles. The average molecular weight is 271 g/mol. The molecule has 1 aromatic rings. The van der Waals surface area contributed by atoms with E-state index in [0.29, 0.717) is 0 Å². The highest BCUT2D eigenvalue weighted by Crippen LogP contribution is 2.59. The minimum atomic E-state index is 0.188. The van der Waals surface area contributed by atoms with Crippen LogP contribution in [0.1, 0.15) is 68.5 Å². The number of nitrogens with two attached hydrogens (primary N) is 1. The predicted molar refractivity (Wildman–Crippen MR) is 78.2 cm³/mol. The largest absolute Gasteiger partial charge is 0.316 e. The maximum Gasteiger partial charge on any atom is 0.113 e. The van der Waals surface area contributed by atoms with Crippen molar-refractivity contribution in [3.63, 3.8) is 0 Å². The third-order valence-corrected chi connectivity index (χ3v) is 6.69. The quantitative estimate of drug-likeness (QED) is 0.852. The van der Waals surface area contributed by atoms with E-state index in [1.54, 1.807) is 0 Å². The minimum Gasteiger partial charge on any atom is -0.316 e. The molecule has 4 fully saturated rings. The molecule has 4 aliphatic carbocycles. The maximum absolute atomic E-state index is 6.41. The highest BCUT2D eigenvalue weighted by Gasteiger charge is 2.50. The number of hydrogen-bond acceptors (Lipinski definition) is 2. The molecule has 0 aromatic carbocycles. The normalized spacial score (nSPS) is 45.6. The molecule has 0 radical (unpaired) electrons. The van der Waals surface area contributed by atoms with E-state index in [9.17, 15) is 0 Å². The van der Waals surface area contributed by atoms with Crippen molar-refractivity contribution in [1.29, 1.82) is 0 Å². The summed E-state index contributed by atoms with van der Waals surface area (Å²) < 4.78 is 2.43. The summed E-state index contributed by atoms with van der Waals surface area (Å²) in [5.41, 5.74) is 7.80. The lowest BCUT2D eigenvalue weighted by atomic mass is 9.51. The molecule has 3 nitrogen and oxygen atoms in total. The fourth-order valence-corrected chi connectivity index (χ4v) is 6.19. The van der Waals surface area contributed by atoms with Crippen molar-refractivity contribution < 1.29 is 0 Å². The number of rotatable bonds is 1. The molecule has 1 aliphatic heterocycles. The third kappa shape index (κ3) is 1.53. The Hall–Kier alpha value is -0.830. The minimum absolute atomic E-state index is 0.188. The third-order valence-electron chi connectivity index (χ3n) is 6.69. The molecule has 0 spiro atoms. The first-order chi connectivity index (χ1) is 9.79.